The van der Waals surface area contributed by atoms with Crippen LogP contribution in [0.3, 0.4) is 0 Å². The lowest BCUT2D eigenvalue weighted by atomic mass is 9.95. The molecule has 2 N–H and O–H groups in total. The van der Waals surface area contributed by atoms with Crippen LogP contribution >= 0.6 is 0 Å². The number of ether oxygens (including phenoxy) is 2. The Morgan fingerprint density at radius 1 is 1.00 bits per heavy atom. The molecule has 0 bridgehead atoms. The summed E-state index contributed by atoms with van der Waals surface area (Å²) in [5.41, 5.74) is 2.79. The number of methoxy groups -OCH3 is 1. The lowest BCUT2D eigenvalue weighted by Gasteiger charge is -2.38. The molecule has 0 radical (unpaired) electrons. The number of carboxylic acid groups (broad SMARTS) is 1. The van der Waals surface area contributed by atoms with Crippen LogP contribution in [0.15, 0.2) is 54.9 Å². The minimum absolute atomic E-state index is 0.132. The van der Waals surface area contributed by atoms with Crippen molar-refractivity contribution in [2.75, 3.05) is 51.3 Å². The quantitative estimate of drug-likeness (QED) is 0.331. The number of hydrogen-bond donors (Lipinski definition) is 2. The fourth-order valence-corrected chi connectivity index (χ4v) is 6.63. The zero-order chi connectivity index (χ0) is 33.1. The van der Waals surface area contributed by atoms with Gasteiger partial charge in [-0.15, -0.1) is 0 Å². The number of carbonyl (C=O) groups excluding carboxylic acids is 2. The van der Waals surface area contributed by atoms with Gasteiger partial charge in [-0.1, -0.05) is 18.2 Å². The fraction of sp³-hybridized carbons (Fsp3) is 0.486. The molecule has 3 amide bonds. The Balaban J connectivity index is 1.11. The Bertz CT molecular complexity index is 1580. The van der Waals surface area contributed by atoms with Crippen LogP contribution in [0.25, 0.3) is 11.1 Å². The second-order valence-electron chi connectivity index (χ2n) is 13.2. The van der Waals surface area contributed by atoms with Gasteiger partial charge in [-0.3, -0.25) is 14.7 Å². The number of carbonyl (C=O) groups is 3. The predicted molar refractivity (Wildman–Crippen MR) is 176 cm³/mol. The van der Waals surface area contributed by atoms with Crippen molar-refractivity contribution in [2.24, 2.45) is 5.92 Å². The Morgan fingerprint density at radius 2 is 1.77 bits per heavy atom. The van der Waals surface area contributed by atoms with E-state index in [0.717, 1.165) is 60.4 Å². The third-order valence-corrected chi connectivity index (χ3v) is 9.41. The van der Waals surface area contributed by atoms with Crippen molar-refractivity contribution in [1.82, 2.24) is 24.9 Å². The number of nitrogens with zero attached hydrogens (tertiary/aromatic N) is 5. The van der Waals surface area contributed by atoms with Crippen molar-refractivity contribution >= 4 is 23.6 Å². The van der Waals surface area contributed by atoms with E-state index >= 15 is 0 Å². The van der Waals surface area contributed by atoms with Crippen LogP contribution in [0.4, 0.5) is 10.5 Å². The summed E-state index contributed by atoms with van der Waals surface area (Å²) < 4.78 is 12.0. The molecule has 2 saturated heterocycles. The summed E-state index contributed by atoms with van der Waals surface area (Å²) in [6.07, 6.45) is 6.42. The first-order valence-electron chi connectivity index (χ1n) is 16.4. The number of nitrogens with one attached hydrogen (secondary N) is 1. The summed E-state index contributed by atoms with van der Waals surface area (Å²) in [6.45, 7) is 6.67. The van der Waals surface area contributed by atoms with Gasteiger partial charge in [-0.25, -0.2) is 4.79 Å². The van der Waals surface area contributed by atoms with Crippen molar-refractivity contribution in [1.29, 1.82) is 0 Å². The third kappa shape index (κ3) is 7.31. The Kier molecular flexibility index (Phi) is 9.28. The van der Waals surface area contributed by atoms with Gasteiger partial charge in [0.2, 0.25) is 5.91 Å². The molecule has 3 aliphatic rings. The van der Waals surface area contributed by atoms with Crippen molar-refractivity contribution < 1.29 is 29.0 Å². The predicted octanol–water partition coefficient (Wildman–Crippen LogP) is 4.47. The Morgan fingerprint density at radius 3 is 2.45 bits per heavy atom. The molecular weight excluding hydrogens is 600 g/mol. The molecule has 3 fully saturated rings. The molecule has 12 heteroatoms. The molecule has 250 valence electrons. The maximum absolute atomic E-state index is 14.1. The van der Waals surface area contributed by atoms with E-state index < -0.39 is 11.7 Å². The Labute approximate surface area is 275 Å². The summed E-state index contributed by atoms with van der Waals surface area (Å²) in [4.78, 5) is 46.0. The van der Waals surface area contributed by atoms with Gasteiger partial charge in [0.15, 0.2) is 5.60 Å². The summed E-state index contributed by atoms with van der Waals surface area (Å²) >= 11 is 0. The smallest absolute Gasteiger partial charge is 0.407 e. The van der Waals surface area contributed by atoms with Crippen LogP contribution < -0.4 is 14.4 Å². The SMILES string of the molecule is COc1cc(-c2cn[nH]c2)ccc1CN(C(=O)C1CCCN(c2cccc(OC(C)(C)C(=O)N3CCN(C(=O)O)CC3)c2)C1)C1CC1. The first kappa shape index (κ1) is 32.2. The van der Waals surface area contributed by atoms with E-state index in [4.69, 9.17) is 9.47 Å². The molecule has 1 aromatic heterocycles. The molecule has 2 aliphatic heterocycles. The van der Waals surface area contributed by atoms with Crippen molar-refractivity contribution in [2.45, 2.75) is 57.7 Å². The number of H-pyrrole nitrogens is 1. The molecule has 2 aromatic carbocycles. The van der Waals surface area contributed by atoms with Gasteiger partial charge in [0, 0.05) is 80.9 Å². The minimum Gasteiger partial charge on any atom is -0.496 e. The number of anilines is 1. The Hall–Kier alpha value is -4.74. The number of piperazine rings is 1. The van der Waals surface area contributed by atoms with Gasteiger partial charge in [0.05, 0.1) is 19.2 Å². The van der Waals surface area contributed by atoms with E-state index in [-0.39, 0.29) is 36.9 Å². The van der Waals surface area contributed by atoms with Gasteiger partial charge in [0.25, 0.3) is 5.91 Å². The number of amides is 3. The third-order valence-electron chi connectivity index (χ3n) is 9.41. The van der Waals surface area contributed by atoms with Gasteiger partial charge in [-0.2, -0.15) is 5.10 Å². The zero-order valence-corrected chi connectivity index (χ0v) is 27.4. The van der Waals surface area contributed by atoms with Crippen LogP contribution in [-0.2, 0) is 16.1 Å². The minimum atomic E-state index is -1.13. The van der Waals surface area contributed by atoms with Crippen molar-refractivity contribution in [3.63, 3.8) is 0 Å². The van der Waals surface area contributed by atoms with Crippen LogP contribution in [0.5, 0.6) is 11.5 Å². The highest BCUT2D eigenvalue weighted by Crippen LogP contribution is 2.36. The second-order valence-corrected chi connectivity index (χ2v) is 13.2. The second kappa shape index (κ2) is 13.5. The van der Waals surface area contributed by atoms with Crippen molar-refractivity contribution in [3.8, 4) is 22.6 Å². The largest absolute Gasteiger partial charge is 0.496 e. The maximum atomic E-state index is 14.1. The molecule has 1 aliphatic carbocycles. The molecule has 1 atom stereocenters. The number of aromatic amines is 1. The van der Waals surface area contributed by atoms with E-state index in [1.165, 1.54) is 4.90 Å². The van der Waals surface area contributed by atoms with Gasteiger partial charge >= 0.3 is 6.09 Å². The van der Waals surface area contributed by atoms with E-state index in [1.807, 2.05) is 53.6 Å². The van der Waals surface area contributed by atoms with E-state index in [2.05, 4.69) is 15.1 Å². The number of piperidine rings is 1. The zero-order valence-electron chi connectivity index (χ0n) is 27.4. The van der Waals surface area contributed by atoms with E-state index in [0.29, 0.717) is 31.9 Å². The summed E-state index contributed by atoms with van der Waals surface area (Å²) in [7, 11) is 1.66. The fourth-order valence-electron chi connectivity index (χ4n) is 6.63. The molecule has 6 rings (SSSR count). The summed E-state index contributed by atoms with van der Waals surface area (Å²) in [5.74, 6) is 1.20. The first-order chi connectivity index (χ1) is 22.6. The van der Waals surface area contributed by atoms with Gasteiger partial charge < -0.3 is 34.2 Å². The lowest BCUT2D eigenvalue weighted by Crippen LogP contribution is -2.56. The molecule has 1 saturated carbocycles. The monoisotopic (exact) mass is 644 g/mol. The highest BCUT2D eigenvalue weighted by Gasteiger charge is 2.39. The molecular formula is C35H44N6O6. The highest BCUT2D eigenvalue weighted by molar-refractivity contribution is 5.85. The van der Waals surface area contributed by atoms with Gasteiger partial charge in [0.1, 0.15) is 11.5 Å². The molecule has 3 aromatic rings. The number of benzene rings is 2. The van der Waals surface area contributed by atoms with Gasteiger partial charge in [-0.05, 0) is 63.3 Å². The number of aromatic nitrogens is 2. The average Bonchev–Trinajstić information content (AvgIpc) is 3.78. The van der Waals surface area contributed by atoms with Crippen LogP contribution in [0, 0.1) is 5.92 Å². The standard InChI is InChI=1S/C35H44N6O6/c1-35(2,33(43)38-14-16-39(17-15-38)34(44)45)47-30-8-4-7-29(19-30)40-13-5-6-26(22-40)32(42)41(28-11-12-28)23-25-10-9-24(18-31(25)46-3)27-20-36-37-21-27/h4,7-10,18-21,26,28H,5-6,11-17,22-23H2,1-3H3,(H,36,37)(H,44,45). The van der Waals surface area contributed by atoms with Crippen LogP contribution in [0.2, 0.25) is 0 Å². The first-order valence-corrected chi connectivity index (χ1v) is 16.4. The number of hydrogen-bond acceptors (Lipinski definition) is 7. The molecule has 1 unspecified atom stereocenters. The molecule has 0 spiro atoms. The van der Waals surface area contributed by atoms with Crippen LogP contribution in [-0.4, -0.2) is 106 Å². The summed E-state index contributed by atoms with van der Waals surface area (Å²) in [5, 5.41) is 16.1. The summed E-state index contributed by atoms with van der Waals surface area (Å²) in [6, 6.07) is 14.1. The highest BCUT2D eigenvalue weighted by atomic mass is 16.5. The topological polar surface area (TPSA) is 132 Å². The molecule has 3 heterocycles. The number of rotatable bonds is 10. The lowest BCUT2D eigenvalue weighted by molar-refractivity contribution is -0.147. The average molecular weight is 645 g/mol. The van der Waals surface area contributed by atoms with E-state index in [9.17, 15) is 19.5 Å². The normalized spacial score (nSPS) is 18.5. The van der Waals surface area contributed by atoms with E-state index in [1.54, 1.807) is 32.1 Å². The molecule has 12 nitrogen and oxygen atoms in total. The molecule has 47 heavy (non-hydrogen) atoms. The van der Waals surface area contributed by atoms with Crippen LogP contribution in [0.1, 0.15) is 45.1 Å². The maximum Gasteiger partial charge on any atom is 0.407 e. The van der Waals surface area contributed by atoms with Crippen molar-refractivity contribution in [3.05, 3.63) is 60.4 Å².